The van der Waals surface area contributed by atoms with E-state index in [1.807, 2.05) is 30.3 Å². The molecular weight excluding hydrogens is 152 g/mol. The van der Waals surface area contributed by atoms with Gasteiger partial charge in [-0.25, -0.2) is 0 Å². The summed E-state index contributed by atoms with van der Waals surface area (Å²) in [5, 5.41) is 0. The fourth-order valence-electron chi connectivity index (χ4n) is 0.861. The van der Waals surface area contributed by atoms with Gasteiger partial charge in [-0.2, -0.15) is 5.48 Å². The lowest BCUT2D eigenvalue weighted by molar-refractivity contribution is 0.0422. The van der Waals surface area contributed by atoms with Crippen molar-refractivity contribution in [2.45, 2.75) is 6.54 Å². The molecule has 3 N–H and O–H groups in total. The lowest BCUT2D eigenvalue weighted by atomic mass is 10.2. The summed E-state index contributed by atoms with van der Waals surface area (Å²) < 4.78 is 0. The topological polar surface area (TPSA) is 47.3 Å². The predicted octanol–water partition coefficient (Wildman–Crippen LogP) is 0.666. The van der Waals surface area contributed by atoms with Crippen LogP contribution in [-0.2, 0) is 11.4 Å². The lowest BCUT2D eigenvalue weighted by Crippen LogP contribution is -2.19. The van der Waals surface area contributed by atoms with Gasteiger partial charge in [0.15, 0.2) is 0 Å². The Labute approximate surface area is 72.5 Å². The van der Waals surface area contributed by atoms with Gasteiger partial charge in [0.25, 0.3) is 0 Å². The minimum Gasteiger partial charge on any atom is -0.328 e. The Kier molecular flexibility index (Phi) is 4.37. The first-order valence-corrected chi connectivity index (χ1v) is 4.02. The molecule has 0 aliphatic heterocycles. The summed E-state index contributed by atoms with van der Waals surface area (Å²) in [6, 6.07) is 10.1. The quantitative estimate of drug-likeness (QED) is 0.499. The van der Waals surface area contributed by atoms with E-state index in [2.05, 4.69) is 5.48 Å². The number of nitrogens with one attached hydrogen (secondary N) is 1. The Morgan fingerprint density at radius 3 is 2.67 bits per heavy atom. The molecule has 0 fully saturated rings. The Bertz CT molecular complexity index is 201. The normalized spacial score (nSPS) is 10.1. The fourth-order valence-corrected chi connectivity index (χ4v) is 0.861. The Balaban J connectivity index is 2.16. The molecule has 3 nitrogen and oxygen atoms in total. The van der Waals surface area contributed by atoms with Crippen LogP contribution in [0.3, 0.4) is 0 Å². The van der Waals surface area contributed by atoms with Gasteiger partial charge in [0.1, 0.15) is 0 Å². The van der Waals surface area contributed by atoms with E-state index in [1.165, 1.54) is 5.56 Å². The first kappa shape index (κ1) is 9.19. The lowest BCUT2D eigenvalue weighted by Gasteiger charge is -2.03. The van der Waals surface area contributed by atoms with Crippen LogP contribution in [0.15, 0.2) is 30.3 Å². The van der Waals surface area contributed by atoms with Crippen LogP contribution >= 0.6 is 0 Å². The average molecular weight is 166 g/mol. The van der Waals surface area contributed by atoms with E-state index in [0.717, 1.165) is 6.54 Å². The van der Waals surface area contributed by atoms with Crippen LogP contribution in [0.2, 0.25) is 0 Å². The summed E-state index contributed by atoms with van der Waals surface area (Å²) in [4.78, 5) is 5.01. The molecular formula is C9H14N2O. The average Bonchev–Trinajstić information content (AvgIpc) is 2.14. The highest BCUT2D eigenvalue weighted by Gasteiger charge is 1.88. The minimum atomic E-state index is 0.543. The van der Waals surface area contributed by atoms with Gasteiger partial charge in [-0.15, -0.1) is 0 Å². The van der Waals surface area contributed by atoms with Gasteiger partial charge in [-0.3, -0.25) is 0 Å². The predicted molar refractivity (Wildman–Crippen MR) is 48.3 cm³/mol. The van der Waals surface area contributed by atoms with Crippen molar-refractivity contribution >= 4 is 0 Å². The summed E-state index contributed by atoms with van der Waals surface area (Å²) in [5.74, 6) is 0. The van der Waals surface area contributed by atoms with Crippen LogP contribution in [0.5, 0.6) is 0 Å². The molecule has 1 aromatic carbocycles. The third kappa shape index (κ3) is 3.48. The van der Waals surface area contributed by atoms with E-state index in [4.69, 9.17) is 10.6 Å². The highest BCUT2D eigenvalue weighted by atomic mass is 16.6. The maximum Gasteiger partial charge on any atom is 0.0804 e. The van der Waals surface area contributed by atoms with Gasteiger partial charge in [0.2, 0.25) is 0 Å². The van der Waals surface area contributed by atoms with Crippen molar-refractivity contribution in [2.75, 3.05) is 13.2 Å². The summed E-state index contributed by atoms with van der Waals surface area (Å²) in [5.41, 5.74) is 9.27. The minimum absolute atomic E-state index is 0.543. The maximum atomic E-state index is 5.24. The van der Waals surface area contributed by atoms with E-state index in [9.17, 15) is 0 Å². The summed E-state index contributed by atoms with van der Waals surface area (Å²) >= 11 is 0. The molecule has 0 radical (unpaired) electrons. The SMILES string of the molecule is NCCONCc1ccccc1. The Morgan fingerprint density at radius 1 is 1.25 bits per heavy atom. The molecule has 0 spiro atoms. The summed E-state index contributed by atoms with van der Waals surface area (Å²) in [7, 11) is 0. The van der Waals surface area contributed by atoms with Crippen LogP contribution in [-0.4, -0.2) is 13.2 Å². The molecule has 0 unspecified atom stereocenters. The zero-order valence-corrected chi connectivity index (χ0v) is 6.99. The van der Waals surface area contributed by atoms with Crippen LogP contribution in [0.25, 0.3) is 0 Å². The van der Waals surface area contributed by atoms with Crippen molar-refractivity contribution in [1.29, 1.82) is 0 Å². The zero-order chi connectivity index (χ0) is 8.65. The van der Waals surface area contributed by atoms with Crippen LogP contribution in [0.1, 0.15) is 5.56 Å². The molecule has 0 atom stereocenters. The number of hydrogen-bond donors (Lipinski definition) is 2. The van der Waals surface area contributed by atoms with E-state index < -0.39 is 0 Å². The largest absolute Gasteiger partial charge is 0.328 e. The summed E-state index contributed by atoms with van der Waals surface area (Å²) in [6.45, 7) is 1.81. The van der Waals surface area contributed by atoms with Crippen LogP contribution in [0, 0.1) is 0 Å². The van der Waals surface area contributed by atoms with Gasteiger partial charge >= 0.3 is 0 Å². The first-order valence-electron chi connectivity index (χ1n) is 4.02. The van der Waals surface area contributed by atoms with Crippen LogP contribution < -0.4 is 11.2 Å². The number of nitrogens with two attached hydrogens (primary N) is 1. The van der Waals surface area contributed by atoms with Crippen molar-refractivity contribution in [3.8, 4) is 0 Å². The molecule has 3 heteroatoms. The molecule has 0 bridgehead atoms. The highest BCUT2D eigenvalue weighted by molar-refractivity contribution is 5.13. The second kappa shape index (κ2) is 5.71. The zero-order valence-electron chi connectivity index (χ0n) is 6.99. The molecule has 1 aromatic rings. The summed E-state index contributed by atoms with van der Waals surface area (Å²) in [6.07, 6.45) is 0. The van der Waals surface area contributed by atoms with E-state index in [-0.39, 0.29) is 0 Å². The third-order valence-corrected chi connectivity index (χ3v) is 1.44. The smallest absolute Gasteiger partial charge is 0.0804 e. The molecule has 0 heterocycles. The fraction of sp³-hybridized carbons (Fsp3) is 0.333. The van der Waals surface area contributed by atoms with Gasteiger partial charge in [0.05, 0.1) is 6.61 Å². The Hall–Kier alpha value is -0.900. The van der Waals surface area contributed by atoms with Crippen molar-refractivity contribution in [2.24, 2.45) is 5.73 Å². The van der Waals surface area contributed by atoms with Gasteiger partial charge in [-0.05, 0) is 5.56 Å². The van der Waals surface area contributed by atoms with Crippen LogP contribution in [0.4, 0.5) is 0 Å². The molecule has 0 aliphatic carbocycles. The monoisotopic (exact) mass is 166 g/mol. The van der Waals surface area contributed by atoms with Crippen molar-refractivity contribution in [1.82, 2.24) is 5.48 Å². The van der Waals surface area contributed by atoms with Gasteiger partial charge in [0, 0.05) is 13.1 Å². The third-order valence-electron chi connectivity index (χ3n) is 1.44. The number of rotatable bonds is 5. The molecule has 0 aliphatic rings. The second-order valence-electron chi connectivity index (χ2n) is 2.44. The van der Waals surface area contributed by atoms with E-state index in [1.54, 1.807) is 0 Å². The number of benzene rings is 1. The maximum absolute atomic E-state index is 5.24. The molecule has 0 amide bonds. The highest BCUT2D eigenvalue weighted by Crippen LogP contribution is 1.96. The second-order valence-corrected chi connectivity index (χ2v) is 2.44. The standard InChI is InChI=1S/C9H14N2O/c10-6-7-12-11-8-9-4-2-1-3-5-9/h1-5,11H,6-8,10H2. The molecule has 0 saturated carbocycles. The molecule has 0 aromatic heterocycles. The molecule has 1 rings (SSSR count). The molecule has 12 heavy (non-hydrogen) atoms. The van der Waals surface area contributed by atoms with Crippen molar-refractivity contribution < 1.29 is 4.84 Å². The number of hydroxylamine groups is 1. The van der Waals surface area contributed by atoms with E-state index in [0.29, 0.717) is 13.2 Å². The first-order chi connectivity index (χ1) is 5.93. The molecule has 0 saturated heterocycles. The Morgan fingerprint density at radius 2 is 2.00 bits per heavy atom. The van der Waals surface area contributed by atoms with Crippen molar-refractivity contribution in [3.63, 3.8) is 0 Å². The van der Waals surface area contributed by atoms with Gasteiger partial charge < -0.3 is 10.6 Å². The van der Waals surface area contributed by atoms with Gasteiger partial charge in [-0.1, -0.05) is 30.3 Å². The molecule has 66 valence electrons. The van der Waals surface area contributed by atoms with Crippen molar-refractivity contribution in [3.05, 3.63) is 35.9 Å². The number of hydrogen-bond acceptors (Lipinski definition) is 3. The van der Waals surface area contributed by atoms with E-state index >= 15 is 0 Å².